The number of hydrogen-bond acceptors (Lipinski definition) is 3. The summed E-state index contributed by atoms with van der Waals surface area (Å²) in [6.07, 6.45) is 2.19. The van der Waals surface area contributed by atoms with Crippen molar-refractivity contribution in [2.75, 3.05) is 13.1 Å². The Bertz CT molecular complexity index is 217. The van der Waals surface area contributed by atoms with Crippen molar-refractivity contribution < 1.29 is 9.53 Å². The molecule has 1 N–H and O–H groups in total. The molecule has 15 heavy (non-hydrogen) atoms. The summed E-state index contributed by atoms with van der Waals surface area (Å²) in [7, 11) is 0. The number of carbonyl (C=O) groups excluding carboxylic acids is 1. The number of carbonyl (C=O) groups is 1. The number of hydrogen-bond donors (Lipinski definition) is 1. The number of amides is 1. The predicted octanol–water partition coefficient (Wildman–Crippen LogP) is 1.95. The SMILES string of the molecule is C[C@@H](NC(=O)OC(C)(C)C)N1CCCC1. The molecule has 1 aliphatic heterocycles. The molecule has 1 atom stereocenters. The molecule has 4 nitrogen and oxygen atoms in total. The van der Waals surface area contributed by atoms with E-state index in [0.717, 1.165) is 13.1 Å². The number of nitrogens with zero attached hydrogens (tertiary/aromatic N) is 1. The molecule has 1 amide bonds. The van der Waals surface area contributed by atoms with E-state index in [0.29, 0.717) is 0 Å². The zero-order valence-electron chi connectivity index (χ0n) is 10.2. The molecule has 1 aliphatic rings. The molecule has 1 rings (SSSR count). The lowest BCUT2D eigenvalue weighted by Crippen LogP contribution is -2.46. The molecule has 0 aromatic carbocycles. The summed E-state index contributed by atoms with van der Waals surface area (Å²) in [5.41, 5.74) is -0.422. The molecule has 88 valence electrons. The largest absolute Gasteiger partial charge is 0.444 e. The Morgan fingerprint density at radius 2 is 1.87 bits per heavy atom. The van der Waals surface area contributed by atoms with E-state index in [2.05, 4.69) is 10.2 Å². The van der Waals surface area contributed by atoms with Gasteiger partial charge in [-0.1, -0.05) is 0 Å². The van der Waals surface area contributed by atoms with Gasteiger partial charge in [-0.2, -0.15) is 0 Å². The minimum Gasteiger partial charge on any atom is -0.444 e. The van der Waals surface area contributed by atoms with Crippen molar-refractivity contribution >= 4 is 6.09 Å². The number of nitrogens with one attached hydrogen (secondary N) is 1. The van der Waals surface area contributed by atoms with Gasteiger partial charge in [-0.05, 0) is 40.5 Å². The summed E-state index contributed by atoms with van der Waals surface area (Å²) in [5, 5.41) is 2.84. The first-order valence-corrected chi connectivity index (χ1v) is 5.62. The maximum Gasteiger partial charge on any atom is 0.408 e. The second-order valence-corrected chi connectivity index (χ2v) is 5.07. The molecule has 0 spiro atoms. The third kappa shape index (κ3) is 4.51. The van der Waals surface area contributed by atoms with E-state index in [1.165, 1.54) is 12.8 Å². The van der Waals surface area contributed by atoms with E-state index in [1.54, 1.807) is 0 Å². The second-order valence-electron chi connectivity index (χ2n) is 5.07. The average molecular weight is 214 g/mol. The van der Waals surface area contributed by atoms with Crippen LogP contribution < -0.4 is 5.32 Å². The molecule has 0 radical (unpaired) electrons. The van der Waals surface area contributed by atoms with E-state index < -0.39 is 5.60 Å². The van der Waals surface area contributed by atoms with Gasteiger partial charge in [-0.25, -0.2) is 4.79 Å². The average Bonchev–Trinajstić information content (AvgIpc) is 2.50. The van der Waals surface area contributed by atoms with Gasteiger partial charge in [-0.3, -0.25) is 4.90 Å². The molecule has 0 aromatic rings. The van der Waals surface area contributed by atoms with Crippen LogP contribution in [0.1, 0.15) is 40.5 Å². The van der Waals surface area contributed by atoms with Gasteiger partial charge < -0.3 is 10.1 Å². The maximum atomic E-state index is 11.5. The van der Waals surface area contributed by atoms with Crippen LogP contribution in [0, 0.1) is 0 Å². The maximum absolute atomic E-state index is 11.5. The quantitative estimate of drug-likeness (QED) is 0.764. The zero-order valence-corrected chi connectivity index (χ0v) is 10.2. The van der Waals surface area contributed by atoms with Gasteiger partial charge in [0, 0.05) is 13.1 Å². The van der Waals surface area contributed by atoms with Crippen molar-refractivity contribution in [2.45, 2.75) is 52.3 Å². The van der Waals surface area contributed by atoms with Gasteiger partial charge in [0.2, 0.25) is 0 Å². The second kappa shape index (κ2) is 4.84. The summed E-state index contributed by atoms with van der Waals surface area (Å²) in [6, 6.07) is 0. The van der Waals surface area contributed by atoms with Crippen LogP contribution in [-0.2, 0) is 4.74 Å². The predicted molar refractivity (Wildman–Crippen MR) is 59.6 cm³/mol. The summed E-state index contributed by atoms with van der Waals surface area (Å²) >= 11 is 0. The van der Waals surface area contributed by atoms with Crippen LogP contribution in [0.2, 0.25) is 0 Å². The van der Waals surface area contributed by atoms with E-state index >= 15 is 0 Å². The van der Waals surface area contributed by atoms with Crippen LogP contribution in [0.25, 0.3) is 0 Å². The van der Waals surface area contributed by atoms with Crippen molar-refractivity contribution in [1.82, 2.24) is 10.2 Å². The van der Waals surface area contributed by atoms with Gasteiger partial charge in [0.25, 0.3) is 0 Å². The molecular formula is C11H22N2O2. The van der Waals surface area contributed by atoms with E-state index in [-0.39, 0.29) is 12.3 Å². The minimum atomic E-state index is -0.422. The molecule has 1 heterocycles. The van der Waals surface area contributed by atoms with Crippen LogP contribution in [0.15, 0.2) is 0 Å². The highest BCUT2D eigenvalue weighted by Gasteiger charge is 2.22. The molecule has 0 unspecified atom stereocenters. The van der Waals surface area contributed by atoms with Gasteiger partial charge in [0.1, 0.15) is 5.60 Å². The molecule has 0 saturated carbocycles. The highest BCUT2D eigenvalue weighted by atomic mass is 16.6. The van der Waals surface area contributed by atoms with Gasteiger partial charge >= 0.3 is 6.09 Å². The Morgan fingerprint density at radius 3 is 2.33 bits per heavy atom. The van der Waals surface area contributed by atoms with E-state index in [4.69, 9.17) is 4.74 Å². The first kappa shape index (κ1) is 12.3. The zero-order chi connectivity index (χ0) is 11.5. The monoisotopic (exact) mass is 214 g/mol. The fourth-order valence-electron chi connectivity index (χ4n) is 1.70. The van der Waals surface area contributed by atoms with Crippen molar-refractivity contribution in [3.8, 4) is 0 Å². The highest BCUT2D eigenvalue weighted by molar-refractivity contribution is 5.67. The Morgan fingerprint density at radius 1 is 1.33 bits per heavy atom. The number of ether oxygens (including phenoxy) is 1. The third-order valence-electron chi connectivity index (χ3n) is 2.41. The van der Waals surface area contributed by atoms with Gasteiger partial charge in [-0.15, -0.1) is 0 Å². The highest BCUT2D eigenvalue weighted by Crippen LogP contribution is 2.11. The molecule has 0 bridgehead atoms. The van der Waals surface area contributed by atoms with Crippen molar-refractivity contribution in [3.05, 3.63) is 0 Å². The van der Waals surface area contributed by atoms with Gasteiger partial charge in [0.15, 0.2) is 0 Å². The Labute approximate surface area is 92.0 Å². The third-order valence-corrected chi connectivity index (χ3v) is 2.41. The summed E-state index contributed by atoms with van der Waals surface area (Å²) < 4.78 is 5.19. The lowest BCUT2D eigenvalue weighted by Gasteiger charge is -2.26. The van der Waals surface area contributed by atoms with E-state index in [1.807, 2.05) is 27.7 Å². The summed E-state index contributed by atoms with van der Waals surface area (Å²) in [6.45, 7) is 9.73. The van der Waals surface area contributed by atoms with Crippen molar-refractivity contribution in [2.24, 2.45) is 0 Å². The fourth-order valence-corrected chi connectivity index (χ4v) is 1.70. The lowest BCUT2D eigenvalue weighted by atomic mass is 10.2. The Hall–Kier alpha value is -0.770. The molecular weight excluding hydrogens is 192 g/mol. The van der Waals surface area contributed by atoms with Crippen molar-refractivity contribution in [1.29, 1.82) is 0 Å². The molecule has 0 aliphatic carbocycles. The van der Waals surface area contributed by atoms with Crippen LogP contribution >= 0.6 is 0 Å². The normalized spacial score (nSPS) is 20.0. The van der Waals surface area contributed by atoms with Crippen LogP contribution in [0.5, 0.6) is 0 Å². The number of rotatable bonds is 2. The topological polar surface area (TPSA) is 41.6 Å². The number of alkyl carbamates (subject to hydrolysis) is 1. The molecule has 4 heteroatoms. The van der Waals surface area contributed by atoms with Crippen LogP contribution in [0.3, 0.4) is 0 Å². The fraction of sp³-hybridized carbons (Fsp3) is 0.909. The van der Waals surface area contributed by atoms with Crippen molar-refractivity contribution in [3.63, 3.8) is 0 Å². The molecule has 1 saturated heterocycles. The van der Waals surface area contributed by atoms with Crippen LogP contribution in [-0.4, -0.2) is 35.8 Å². The summed E-state index contributed by atoms with van der Waals surface area (Å²) in [5.74, 6) is 0. The van der Waals surface area contributed by atoms with E-state index in [9.17, 15) is 4.79 Å². The first-order chi connectivity index (χ1) is 6.88. The first-order valence-electron chi connectivity index (χ1n) is 5.62. The standard InChI is InChI=1S/C11H22N2O2/c1-9(13-7-5-6-8-13)12-10(14)15-11(2,3)4/h9H,5-8H2,1-4H3,(H,12,14)/t9-/m0/s1. The Kier molecular flexibility index (Phi) is 3.97. The summed E-state index contributed by atoms with van der Waals surface area (Å²) in [4.78, 5) is 13.7. The molecule has 0 aromatic heterocycles. The smallest absolute Gasteiger partial charge is 0.408 e. The lowest BCUT2D eigenvalue weighted by molar-refractivity contribution is 0.0447. The van der Waals surface area contributed by atoms with Gasteiger partial charge in [0.05, 0.1) is 6.17 Å². The Balaban J connectivity index is 2.30. The number of likely N-dealkylation sites (tertiary alicyclic amines) is 1. The van der Waals surface area contributed by atoms with Crippen LogP contribution in [0.4, 0.5) is 4.79 Å². The molecule has 1 fully saturated rings. The minimum absolute atomic E-state index is 0.0716.